The zero-order chi connectivity index (χ0) is 12.3. The van der Waals surface area contributed by atoms with E-state index in [-0.39, 0.29) is 17.5 Å². The zero-order valence-electron chi connectivity index (χ0n) is 9.72. The Morgan fingerprint density at radius 1 is 1.29 bits per heavy atom. The molecular formula is C14H16O3. The number of rotatable bonds is 4. The van der Waals surface area contributed by atoms with E-state index in [9.17, 15) is 9.59 Å². The van der Waals surface area contributed by atoms with Crippen molar-refractivity contribution in [3.05, 3.63) is 36.5 Å². The molecule has 0 spiro atoms. The Bertz CT molecular complexity index is 404. The molecule has 0 heterocycles. The van der Waals surface area contributed by atoms with Crippen molar-refractivity contribution >= 4 is 11.6 Å². The Labute approximate surface area is 101 Å². The molecule has 0 saturated carbocycles. The summed E-state index contributed by atoms with van der Waals surface area (Å²) in [5.41, 5.74) is 0.810. The normalized spacial score (nSPS) is 27.6. The molecule has 2 unspecified atom stereocenters. The molecule has 2 aliphatic carbocycles. The van der Waals surface area contributed by atoms with E-state index < -0.39 is 5.92 Å². The van der Waals surface area contributed by atoms with Crippen molar-refractivity contribution in [2.45, 2.75) is 12.8 Å². The topological polar surface area (TPSA) is 43.4 Å². The van der Waals surface area contributed by atoms with Crippen LogP contribution in [0, 0.1) is 11.8 Å². The Morgan fingerprint density at radius 2 is 2.00 bits per heavy atom. The van der Waals surface area contributed by atoms with Crippen LogP contribution in [-0.4, -0.2) is 24.8 Å². The van der Waals surface area contributed by atoms with Crippen LogP contribution < -0.4 is 0 Å². The molecule has 0 amide bonds. The van der Waals surface area contributed by atoms with Gasteiger partial charge in [-0.25, -0.2) is 0 Å². The molecule has 0 saturated heterocycles. The van der Waals surface area contributed by atoms with Gasteiger partial charge in [0.05, 0.1) is 19.1 Å². The van der Waals surface area contributed by atoms with Crippen molar-refractivity contribution in [2.24, 2.45) is 11.8 Å². The molecule has 0 radical (unpaired) electrons. The van der Waals surface area contributed by atoms with Crippen molar-refractivity contribution in [2.75, 3.05) is 13.2 Å². The average Bonchev–Trinajstić information content (AvgIpc) is 2.44. The summed E-state index contributed by atoms with van der Waals surface area (Å²) in [6.45, 7) is 4.34. The minimum absolute atomic E-state index is 0.0553. The summed E-state index contributed by atoms with van der Waals surface area (Å²) in [5, 5.41) is 0. The summed E-state index contributed by atoms with van der Waals surface area (Å²) < 4.78 is 5.34. The molecule has 0 fully saturated rings. The van der Waals surface area contributed by atoms with Crippen LogP contribution in [0.25, 0.3) is 0 Å². The van der Waals surface area contributed by atoms with Gasteiger partial charge in [0.2, 0.25) is 0 Å². The molecule has 0 aliphatic heterocycles. The Hall–Kier alpha value is -1.48. The fourth-order valence-corrected chi connectivity index (χ4v) is 2.32. The van der Waals surface area contributed by atoms with Gasteiger partial charge in [0, 0.05) is 5.92 Å². The van der Waals surface area contributed by atoms with Crippen molar-refractivity contribution in [1.82, 2.24) is 0 Å². The fraction of sp³-hybridized carbons (Fsp3) is 0.429. The first-order valence-electron chi connectivity index (χ1n) is 5.85. The highest BCUT2D eigenvalue weighted by atomic mass is 16.5. The largest absolute Gasteiger partial charge is 0.373 e. The second-order valence-electron chi connectivity index (χ2n) is 4.38. The summed E-state index contributed by atoms with van der Waals surface area (Å²) in [5.74, 6) is -0.641. The van der Waals surface area contributed by atoms with E-state index in [2.05, 4.69) is 6.58 Å². The Morgan fingerprint density at radius 3 is 2.71 bits per heavy atom. The highest BCUT2D eigenvalue weighted by Gasteiger charge is 2.37. The summed E-state index contributed by atoms with van der Waals surface area (Å²) in [4.78, 5) is 23.9. The van der Waals surface area contributed by atoms with E-state index in [1.165, 1.54) is 0 Å². The molecule has 2 bridgehead atoms. The number of Topliss-reactive ketones (excluding diaryl/α,β-unsaturated/α-hetero) is 1. The minimum Gasteiger partial charge on any atom is -0.373 e. The summed E-state index contributed by atoms with van der Waals surface area (Å²) in [7, 11) is 0. The van der Waals surface area contributed by atoms with E-state index >= 15 is 0 Å². The number of allylic oxidation sites excluding steroid dienone is 3. The van der Waals surface area contributed by atoms with E-state index in [1.807, 2.05) is 12.2 Å². The molecule has 0 aromatic heterocycles. The number of fused-ring (bicyclic) bond motifs is 2. The van der Waals surface area contributed by atoms with Crippen LogP contribution in [0.3, 0.4) is 0 Å². The van der Waals surface area contributed by atoms with E-state index in [0.29, 0.717) is 26.1 Å². The molecule has 90 valence electrons. The SMILES string of the molecule is C=CCOCC1=CC(=O)C2CC=CCC1C2=O. The lowest BCUT2D eigenvalue weighted by molar-refractivity contribution is -0.133. The number of hydrogen-bond donors (Lipinski definition) is 0. The summed E-state index contributed by atoms with van der Waals surface area (Å²) in [6, 6.07) is 0. The van der Waals surface area contributed by atoms with Gasteiger partial charge in [-0.2, -0.15) is 0 Å². The van der Waals surface area contributed by atoms with Crippen LogP contribution in [-0.2, 0) is 14.3 Å². The number of ether oxygens (including phenoxy) is 1. The van der Waals surface area contributed by atoms with Crippen molar-refractivity contribution < 1.29 is 14.3 Å². The lowest BCUT2D eigenvalue weighted by Gasteiger charge is -2.25. The first-order chi connectivity index (χ1) is 8.24. The fourth-order valence-electron chi connectivity index (χ4n) is 2.32. The monoisotopic (exact) mass is 232 g/mol. The predicted molar refractivity (Wildman–Crippen MR) is 64.5 cm³/mol. The molecule has 3 nitrogen and oxygen atoms in total. The summed E-state index contributed by atoms with van der Waals surface area (Å²) >= 11 is 0. The minimum atomic E-state index is -0.457. The van der Waals surface area contributed by atoms with Gasteiger partial charge in [0.1, 0.15) is 0 Å². The van der Waals surface area contributed by atoms with Gasteiger partial charge in [0.25, 0.3) is 0 Å². The molecular weight excluding hydrogens is 216 g/mol. The first kappa shape index (κ1) is 12.0. The maximum Gasteiger partial charge on any atom is 0.166 e. The third kappa shape index (κ3) is 2.44. The molecule has 0 N–H and O–H groups in total. The first-order valence-corrected chi connectivity index (χ1v) is 5.85. The van der Waals surface area contributed by atoms with Crippen LogP contribution in [0.1, 0.15) is 12.8 Å². The molecule has 2 rings (SSSR count). The van der Waals surface area contributed by atoms with Crippen LogP contribution in [0.5, 0.6) is 0 Å². The number of hydrogen-bond acceptors (Lipinski definition) is 3. The van der Waals surface area contributed by atoms with Crippen LogP contribution in [0.15, 0.2) is 36.5 Å². The van der Waals surface area contributed by atoms with Gasteiger partial charge in [0.15, 0.2) is 11.6 Å². The van der Waals surface area contributed by atoms with Gasteiger partial charge >= 0.3 is 0 Å². The molecule has 2 aliphatic rings. The molecule has 0 aromatic carbocycles. The quantitative estimate of drug-likeness (QED) is 0.422. The van der Waals surface area contributed by atoms with Crippen LogP contribution in [0.2, 0.25) is 0 Å². The molecule has 2 atom stereocenters. The third-order valence-corrected chi connectivity index (χ3v) is 3.22. The van der Waals surface area contributed by atoms with Gasteiger partial charge in [-0.15, -0.1) is 6.58 Å². The molecule has 0 aromatic rings. The maximum absolute atomic E-state index is 12.1. The standard InChI is InChI=1S/C14H16O3/c1-2-7-17-9-10-8-13(15)12-6-4-3-5-11(10)14(12)16/h2-4,8,11-12H,1,5-7,9H2. The highest BCUT2D eigenvalue weighted by molar-refractivity contribution is 6.12. The second kappa shape index (κ2) is 5.23. The maximum atomic E-state index is 12.1. The van der Waals surface area contributed by atoms with Gasteiger partial charge < -0.3 is 4.74 Å². The van der Waals surface area contributed by atoms with Gasteiger partial charge in [-0.3, -0.25) is 9.59 Å². The smallest absolute Gasteiger partial charge is 0.166 e. The highest BCUT2D eigenvalue weighted by Crippen LogP contribution is 2.31. The number of carbonyl (C=O) groups is 2. The number of carbonyl (C=O) groups excluding carboxylic acids is 2. The molecule has 3 heteroatoms. The van der Waals surface area contributed by atoms with E-state index in [0.717, 1.165) is 5.57 Å². The average molecular weight is 232 g/mol. The third-order valence-electron chi connectivity index (χ3n) is 3.22. The van der Waals surface area contributed by atoms with E-state index in [1.54, 1.807) is 12.2 Å². The zero-order valence-corrected chi connectivity index (χ0v) is 9.72. The van der Waals surface area contributed by atoms with Gasteiger partial charge in [-0.05, 0) is 24.5 Å². The molecule has 17 heavy (non-hydrogen) atoms. The number of ketones is 2. The lowest BCUT2D eigenvalue weighted by Crippen LogP contribution is -2.34. The van der Waals surface area contributed by atoms with Crippen molar-refractivity contribution in [1.29, 1.82) is 0 Å². The predicted octanol–water partition coefficient (Wildman–Crippen LogP) is 1.85. The van der Waals surface area contributed by atoms with Crippen molar-refractivity contribution in [3.63, 3.8) is 0 Å². The van der Waals surface area contributed by atoms with Crippen molar-refractivity contribution in [3.8, 4) is 0 Å². The Kier molecular flexibility index (Phi) is 3.69. The van der Waals surface area contributed by atoms with Crippen LogP contribution >= 0.6 is 0 Å². The van der Waals surface area contributed by atoms with Gasteiger partial charge in [-0.1, -0.05) is 18.2 Å². The second-order valence-corrected chi connectivity index (χ2v) is 4.38. The Balaban J connectivity index is 2.17. The van der Waals surface area contributed by atoms with E-state index in [4.69, 9.17) is 4.74 Å². The van der Waals surface area contributed by atoms with Crippen LogP contribution in [0.4, 0.5) is 0 Å². The lowest BCUT2D eigenvalue weighted by atomic mass is 9.78. The summed E-state index contributed by atoms with van der Waals surface area (Å²) in [6.07, 6.45) is 8.41.